The van der Waals surface area contributed by atoms with Crippen LogP contribution >= 0.6 is 24.0 Å². The third-order valence-corrected chi connectivity index (χ3v) is 6.54. The van der Waals surface area contributed by atoms with Crippen LogP contribution in [-0.2, 0) is 11.3 Å². The second kappa shape index (κ2) is 10.9. The second-order valence-corrected chi connectivity index (χ2v) is 8.19. The molecule has 0 radical (unpaired) electrons. The van der Waals surface area contributed by atoms with Crippen LogP contribution in [0.5, 0.6) is 0 Å². The Kier molecular flexibility index (Phi) is 8.57. The van der Waals surface area contributed by atoms with Crippen LogP contribution < -0.4 is 5.32 Å². The summed E-state index contributed by atoms with van der Waals surface area (Å²) in [5, 5.41) is 7.75. The van der Waals surface area contributed by atoms with Crippen molar-refractivity contribution >= 4 is 29.9 Å². The van der Waals surface area contributed by atoms with E-state index in [9.17, 15) is 0 Å². The van der Waals surface area contributed by atoms with Crippen molar-refractivity contribution in [2.24, 2.45) is 4.99 Å². The SMILES string of the molecule is CN=C(NCC1(N2CCCC2)CCOCC1)N1CCN(Cc2ccon2)CC1.I. The Balaban J connectivity index is 0.00000240. The van der Waals surface area contributed by atoms with Gasteiger partial charge in [0.25, 0.3) is 0 Å². The van der Waals surface area contributed by atoms with Crippen molar-refractivity contribution in [1.82, 2.24) is 25.2 Å². The monoisotopic (exact) mass is 518 g/mol. The molecule has 29 heavy (non-hydrogen) atoms. The lowest BCUT2D eigenvalue weighted by molar-refractivity contribution is -0.0167. The second-order valence-electron chi connectivity index (χ2n) is 8.19. The molecule has 0 amide bonds. The van der Waals surface area contributed by atoms with Crippen LogP contribution in [0.1, 0.15) is 31.4 Å². The summed E-state index contributed by atoms with van der Waals surface area (Å²) in [5.74, 6) is 1.03. The molecule has 0 bridgehead atoms. The van der Waals surface area contributed by atoms with Gasteiger partial charge in [-0.15, -0.1) is 24.0 Å². The topological polar surface area (TPSA) is 69.4 Å². The Bertz CT molecular complexity index is 621. The zero-order valence-corrected chi connectivity index (χ0v) is 19.8. The first-order valence-electron chi connectivity index (χ1n) is 10.7. The molecule has 1 aromatic rings. The summed E-state index contributed by atoms with van der Waals surface area (Å²) in [6.45, 7) is 10.00. The summed E-state index contributed by atoms with van der Waals surface area (Å²) in [5.41, 5.74) is 1.22. The standard InChI is InChI=1S/C20H34N6O2.HI/c1-21-19(25-11-9-24(10-12-25)16-18-4-13-28-23-18)22-17-20(5-14-27-15-6-20)26-7-2-3-8-26;/h4,13H,2-3,5-12,14-17H2,1H3,(H,21,22);1H. The fourth-order valence-electron chi connectivity index (χ4n) is 4.79. The number of guanidine groups is 1. The van der Waals surface area contributed by atoms with E-state index in [4.69, 9.17) is 9.26 Å². The summed E-state index contributed by atoms with van der Waals surface area (Å²) in [6, 6.07) is 1.94. The van der Waals surface area contributed by atoms with E-state index in [1.54, 1.807) is 6.26 Å². The average molecular weight is 518 g/mol. The van der Waals surface area contributed by atoms with Gasteiger partial charge in [-0.05, 0) is 38.8 Å². The van der Waals surface area contributed by atoms with Gasteiger partial charge in [0, 0.05) is 71.1 Å². The maximum atomic E-state index is 5.68. The predicted octanol–water partition coefficient (Wildman–Crippen LogP) is 1.63. The molecule has 3 saturated heterocycles. The number of likely N-dealkylation sites (tertiary alicyclic amines) is 1. The molecule has 1 aromatic heterocycles. The number of hydrogen-bond donors (Lipinski definition) is 1. The van der Waals surface area contributed by atoms with Crippen LogP contribution in [-0.4, -0.2) is 97.4 Å². The first-order chi connectivity index (χ1) is 13.8. The molecule has 3 fully saturated rings. The number of aliphatic imine (C=N–C) groups is 1. The first kappa shape index (κ1) is 22.8. The Morgan fingerprint density at radius 2 is 1.86 bits per heavy atom. The summed E-state index contributed by atoms with van der Waals surface area (Å²) in [7, 11) is 1.90. The Labute approximate surface area is 191 Å². The van der Waals surface area contributed by atoms with E-state index < -0.39 is 0 Å². The molecule has 0 aliphatic carbocycles. The highest BCUT2D eigenvalue weighted by Crippen LogP contribution is 2.30. The van der Waals surface area contributed by atoms with Gasteiger partial charge >= 0.3 is 0 Å². The largest absolute Gasteiger partial charge is 0.381 e. The molecule has 164 valence electrons. The van der Waals surface area contributed by atoms with E-state index in [1.807, 2.05) is 13.1 Å². The molecule has 0 saturated carbocycles. The lowest BCUT2D eigenvalue weighted by Gasteiger charge is -2.45. The van der Waals surface area contributed by atoms with Gasteiger partial charge in [0.1, 0.15) is 6.26 Å². The van der Waals surface area contributed by atoms with E-state index in [1.165, 1.54) is 25.9 Å². The van der Waals surface area contributed by atoms with E-state index >= 15 is 0 Å². The molecule has 3 aliphatic rings. The van der Waals surface area contributed by atoms with Crippen molar-refractivity contribution in [3.8, 4) is 0 Å². The van der Waals surface area contributed by atoms with Gasteiger partial charge in [-0.3, -0.25) is 14.8 Å². The number of nitrogens with zero attached hydrogens (tertiary/aromatic N) is 5. The number of hydrogen-bond acceptors (Lipinski definition) is 6. The molecule has 8 nitrogen and oxygen atoms in total. The molecular weight excluding hydrogens is 483 g/mol. The number of aromatic nitrogens is 1. The van der Waals surface area contributed by atoms with Crippen molar-refractivity contribution in [2.45, 2.75) is 37.8 Å². The van der Waals surface area contributed by atoms with Crippen molar-refractivity contribution in [1.29, 1.82) is 0 Å². The van der Waals surface area contributed by atoms with Gasteiger partial charge in [0.15, 0.2) is 5.96 Å². The van der Waals surface area contributed by atoms with Gasteiger partial charge in [-0.2, -0.15) is 0 Å². The minimum atomic E-state index is 0. The Hall–Kier alpha value is -0.910. The third-order valence-electron chi connectivity index (χ3n) is 6.54. The number of ether oxygens (including phenoxy) is 1. The quantitative estimate of drug-likeness (QED) is 0.361. The third kappa shape index (κ3) is 5.62. The molecule has 4 rings (SSSR count). The molecule has 9 heteroatoms. The van der Waals surface area contributed by atoms with Gasteiger partial charge in [-0.1, -0.05) is 5.16 Å². The predicted molar refractivity (Wildman–Crippen MR) is 124 cm³/mol. The van der Waals surface area contributed by atoms with Crippen LogP contribution in [0.4, 0.5) is 0 Å². The van der Waals surface area contributed by atoms with E-state index in [0.717, 1.165) is 77.0 Å². The van der Waals surface area contributed by atoms with Crippen LogP contribution in [0.3, 0.4) is 0 Å². The van der Waals surface area contributed by atoms with Crippen molar-refractivity contribution in [3.05, 3.63) is 18.0 Å². The zero-order valence-electron chi connectivity index (χ0n) is 17.5. The van der Waals surface area contributed by atoms with E-state index in [0.29, 0.717) is 0 Å². The summed E-state index contributed by atoms with van der Waals surface area (Å²) in [4.78, 5) is 12.1. The van der Waals surface area contributed by atoms with Gasteiger partial charge in [0.05, 0.1) is 5.69 Å². The highest BCUT2D eigenvalue weighted by atomic mass is 127. The molecule has 0 unspecified atom stereocenters. The van der Waals surface area contributed by atoms with Crippen molar-refractivity contribution in [3.63, 3.8) is 0 Å². The van der Waals surface area contributed by atoms with E-state index in [-0.39, 0.29) is 29.5 Å². The molecule has 0 atom stereocenters. The molecule has 1 N–H and O–H groups in total. The summed E-state index contributed by atoms with van der Waals surface area (Å²) < 4.78 is 10.6. The molecule has 0 aromatic carbocycles. The fraction of sp³-hybridized carbons (Fsp3) is 0.800. The minimum Gasteiger partial charge on any atom is -0.381 e. The lowest BCUT2D eigenvalue weighted by Crippen LogP contribution is -2.60. The molecule has 3 aliphatic heterocycles. The van der Waals surface area contributed by atoms with E-state index in [2.05, 4.69) is 30.2 Å². The van der Waals surface area contributed by atoms with Gasteiger partial charge < -0.3 is 19.5 Å². The summed E-state index contributed by atoms with van der Waals surface area (Å²) in [6.07, 6.45) is 6.52. The number of halogens is 1. The van der Waals surface area contributed by atoms with Gasteiger partial charge in [0.2, 0.25) is 0 Å². The summed E-state index contributed by atoms with van der Waals surface area (Å²) >= 11 is 0. The fourth-order valence-corrected chi connectivity index (χ4v) is 4.79. The Morgan fingerprint density at radius 1 is 1.14 bits per heavy atom. The first-order valence-corrected chi connectivity index (χ1v) is 10.7. The molecule has 0 spiro atoms. The normalized spacial score (nSPS) is 23.8. The van der Waals surface area contributed by atoms with Crippen LogP contribution in [0.25, 0.3) is 0 Å². The number of nitrogens with one attached hydrogen (secondary N) is 1. The van der Waals surface area contributed by atoms with Crippen LogP contribution in [0.2, 0.25) is 0 Å². The number of piperazine rings is 1. The number of rotatable bonds is 5. The maximum absolute atomic E-state index is 5.68. The smallest absolute Gasteiger partial charge is 0.193 e. The maximum Gasteiger partial charge on any atom is 0.193 e. The lowest BCUT2D eigenvalue weighted by atomic mass is 9.88. The van der Waals surface area contributed by atoms with Crippen molar-refractivity contribution < 1.29 is 9.26 Å². The van der Waals surface area contributed by atoms with Crippen LogP contribution in [0.15, 0.2) is 21.8 Å². The zero-order chi connectivity index (χ0) is 19.2. The highest BCUT2D eigenvalue weighted by molar-refractivity contribution is 14.0. The van der Waals surface area contributed by atoms with Crippen LogP contribution in [0, 0.1) is 0 Å². The van der Waals surface area contributed by atoms with Crippen molar-refractivity contribution in [2.75, 3.05) is 66.1 Å². The molecular formula is C20H35IN6O2. The Morgan fingerprint density at radius 3 is 2.48 bits per heavy atom. The van der Waals surface area contributed by atoms with Gasteiger partial charge in [-0.25, -0.2) is 0 Å². The minimum absolute atomic E-state index is 0. The average Bonchev–Trinajstić information content (AvgIpc) is 3.45. The highest BCUT2D eigenvalue weighted by Gasteiger charge is 2.40. The molecule has 4 heterocycles.